The Balaban J connectivity index is 1.89. The van der Waals surface area contributed by atoms with Crippen LogP contribution >= 0.6 is 0 Å². The zero-order valence-corrected chi connectivity index (χ0v) is 12.0. The van der Waals surface area contributed by atoms with E-state index in [-0.39, 0.29) is 0 Å². The molecule has 1 amide bonds. The smallest absolute Gasteiger partial charge is 0.237 e. The second kappa shape index (κ2) is 6.55. The van der Waals surface area contributed by atoms with Gasteiger partial charge >= 0.3 is 0 Å². The molecule has 3 nitrogen and oxygen atoms in total. The molecule has 0 aromatic heterocycles. The van der Waals surface area contributed by atoms with Gasteiger partial charge in [-0.05, 0) is 59.0 Å². The molecule has 104 valence electrons. The molecular formula is C15H28N2O. The van der Waals surface area contributed by atoms with Gasteiger partial charge in [0.1, 0.15) is 0 Å². The number of piperidine rings is 1. The van der Waals surface area contributed by atoms with Gasteiger partial charge in [-0.3, -0.25) is 9.69 Å². The average Bonchev–Trinajstić information content (AvgIpc) is 2.57. The van der Waals surface area contributed by atoms with Gasteiger partial charge in [0.2, 0.25) is 5.91 Å². The van der Waals surface area contributed by atoms with Crippen molar-refractivity contribution in [2.24, 2.45) is 0 Å². The van der Waals surface area contributed by atoms with E-state index in [9.17, 15) is 4.79 Å². The van der Waals surface area contributed by atoms with Crippen molar-refractivity contribution in [1.29, 1.82) is 0 Å². The van der Waals surface area contributed by atoms with E-state index in [0.717, 1.165) is 13.1 Å². The molecule has 0 spiro atoms. The highest BCUT2D eigenvalue weighted by Gasteiger charge is 2.29. The maximum atomic E-state index is 12.5. The van der Waals surface area contributed by atoms with Gasteiger partial charge in [-0.25, -0.2) is 0 Å². The van der Waals surface area contributed by atoms with Gasteiger partial charge in [0, 0.05) is 12.1 Å². The zero-order chi connectivity index (χ0) is 13.0. The molecule has 0 saturated carbocycles. The predicted molar refractivity (Wildman–Crippen MR) is 74.5 cm³/mol. The van der Waals surface area contributed by atoms with Gasteiger partial charge in [0.15, 0.2) is 0 Å². The van der Waals surface area contributed by atoms with Crippen LogP contribution in [0.3, 0.4) is 0 Å². The first-order valence-electron chi connectivity index (χ1n) is 7.72. The molecule has 2 heterocycles. The minimum Gasteiger partial charge on any atom is -0.336 e. The number of carbonyl (C=O) groups is 1. The van der Waals surface area contributed by atoms with Crippen LogP contribution in [-0.2, 0) is 4.79 Å². The third-order valence-electron chi connectivity index (χ3n) is 4.54. The van der Waals surface area contributed by atoms with Crippen LogP contribution in [0.1, 0.15) is 58.8 Å². The molecule has 2 atom stereocenters. The standard InChI is InChI=1S/C15H28N2O/c1-13-8-7-9-14(2)17(13)15(18)12-16-10-5-3-4-6-11-16/h13-14H,3-12H2,1-2H3/t13-,14-/m1/s1. The van der Waals surface area contributed by atoms with Crippen molar-refractivity contribution < 1.29 is 4.79 Å². The topological polar surface area (TPSA) is 23.6 Å². The first-order chi connectivity index (χ1) is 8.68. The number of hydrogen-bond acceptors (Lipinski definition) is 2. The van der Waals surface area contributed by atoms with Gasteiger partial charge in [-0.1, -0.05) is 12.8 Å². The van der Waals surface area contributed by atoms with E-state index in [1.165, 1.54) is 44.9 Å². The van der Waals surface area contributed by atoms with Crippen LogP contribution in [0, 0.1) is 0 Å². The average molecular weight is 252 g/mol. The first kappa shape index (κ1) is 13.9. The van der Waals surface area contributed by atoms with Gasteiger partial charge in [0.25, 0.3) is 0 Å². The number of carbonyl (C=O) groups excluding carboxylic acids is 1. The van der Waals surface area contributed by atoms with Crippen molar-refractivity contribution in [2.75, 3.05) is 19.6 Å². The fourth-order valence-corrected chi connectivity index (χ4v) is 3.48. The van der Waals surface area contributed by atoms with Crippen LogP contribution in [0.4, 0.5) is 0 Å². The number of nitrogens with zero attached hydrogens (tertiary/aromatic N) is 2. The van der Waals surface area contributed by atoms with Crippen molar-refractivity contribution in [2.45, 2.75) is 70.9 Å². The van der Waals surface area contributed by atoms with Crippen LogP contribution < -0.4 is 0 Å². The SMILES string of the molecule is C[C@@H]1CCC[C@@H](C)N1C(=O)CN1CCCCCC1. The molecule has 0 unspecified atom stereocenters. The van der Waals surface area contributed by atoms with Gasteiger partial charge < -0.3 is 4.90 Å². The molecule has 2 saturated heterocycles. The molecule has 0 bridgehead atoms. The molecule has 2 fully saturated rings. The molecule has 2 rings (SSSR count). The monoisotopic (exact) mass is 252 g/mol. The Kier molecular flexibility index (Phi) is 5.04. The second-order valence-corrected chi connectivity index (χ2v) is 6.12. The summed E-state index contributed by atoms with van der Waals surface area (Å²) in [5, 5.41) is 0. The molecule has 0 radical (unpaired) electrons. The Hall–Kier alpha value is -0.570. The maximum Gasteiger partial charge on any atom is 0.237 e. The van der Waals surface area contributed by atoms with Crippen molar-refractivity contribution in [3.8, 4) is 0 Å². The normalized spacial score (nSPS) is 31.1. The second-order valence-electron chi connectivity index (χ2n) is 6.12. The fraction of sp³-hybridized carbons (Fsp3) is 0.933. The molecule has 18 heavy (non-hydrogen) atoms. The maximum absolute atomic E-state index is 12.5. The minimum atomic E-state index is 0.358. The van der Waals surface area contributed by atoms with Crippen molar-refractivity contribution in [1.82, 2.24) is 9.80 Å². The molecule has 2 aliphatic heterocycles. The Morgan fingerprint density at radius 1 is 0.944 bits per heavy atom. The van der Waals surface area contributed by atoms with Crippen LogP contribution in [0.15, 0.2) is 0 Å². The summed E-state index contributed by atoms with van der Waals surface area (Å²) in [6.45, 7) is 7.28. The third-order valence-corrected chi connectivity index (χ3v) is 4.54. The highest BCUT2D eigenvalue weighted by molar-refractivity contribution is 5.79. The summed E-state index contributed by atoms with van der Waals surface area (Å²) in [6.07, 6.45) is 8.82. The van der Waals surface area contributed by atoms with Crippen molar-refractivity contribution in [3.63, 3.8) is 0 Å². The molecule has 0 aromatic rings. The highest BCUT2D eigenvalue weighted by Crippen LogP contribution is 2.23. The Morgan fingerprint density at radius 3 is 2.06 bits per heavy atom. The summed E-state index contributed by atoms with van der Waals surface area (Å²) in [5.41, 5.74) is 0. The lowest BCUT2D eigenvalue weighted by Crippen LogP contribution is -2.51. The van der Waals surface area contributed by atoms with Crippen LogP contribution in [0.2, 0.25) is 0 Å². The molecule has 2 aliphatic rings. The van der Waals surface area contributed by atoms with Crippen LogP contribution in [0.25, 0.3) is 0 Å². The predicted octanol–water partition coefficient (Wildman–Crippen LogP) is 2.65. The van der Waals surface area contributed by atoms with Gasteiger partial charge in [0.05, 0.1) is 6.54 Å². The van der Waals surface area contributed by atoms with E-state index in [2.05, 4.69) is 23.6 Å². The molecule has 3 heteroatoms. The molecule has 0 aliphatic carbocycles. The Bertz CT molecular complexity index is 262. The number of likely N-dealkylation sites (tertiary alicyclic amines) is 2. The number of rotatable bonds is 2. The van der Waals surface area contributed by atoms with Crippen LogP contribution in [-0.4, -0.2) is 47.4 Å². The van der Waals surface area contributed by atoms with E-state index < -0.39 is 0 Å². The van der Waals surface area contributed by atoms with Gasteiger partial charge in [-0.2, -0.15) is 0 Å². The fourth-order valence-electron chi connectivity index (χ4n) is 3.48. The molecule has 0 N–H and O–H groups in total. The lowest BCUT2D eigenvalue weighted by atomic mass is 9.97. The summed E-state index contributed by atoms with van der Waals surface area (Å²) in [5.74, 6) is 0.358. The Labute approximate surface area is 112 Å². The largest absolute Gasteiger partial charge is 0.336 e. The van der Waals surface area contributed by atoms with Gasteiger partial charge in [-0.15, -0.1) is 0 Å². The number of hydrogen-bond donors (Lipinski definition) is 0. The van der Waals surface area contributed by atoms with Crippen molar-refractivity contribution >= 4 is 5.91 Å². The lowest BCUT2D eigenvalue weighted by molar-refractivity contribution is -0.138. The summed E-state index contributed by atoms with van der Waals surface area (Å²) >= 11 is 0. The molecule has 0 aromatic carbocycles. The summed E-state index contributed by atoms with van der Waals surface area (Å²) in [7, 11) is 0. The minimum absolute atomic E-state index is 0.358. The zero-order valence-electron chi connectivity index (χ0n) is 12.0. The highest BCUT2D eigenvalue weighted by atomic mass is 16.2. The van der Waals surface area contributed by atoms with E-state index in [1.807, 2.05) is 0 Å². The Morgan fingerprint density at radius 2 is 1.50 bits per heavy atom. The first-order valence-corrected chi connectivity index (χ1v) is 7.72. The lowest BCUT2D eigenvalue weighted by Gasteiger charge is -2.40. The van der Waals surface area contributed by atoms with Crippen molar-refractivity contribution in [3.05, 3.63) is 0 Å². The molecular weight excluding hydrogens is 224 g/mol. The van der Waals surface area contributed by atoms with E-state index >= 15 is 0 Å². The number of amides is 1. The quantitative estimate of drug-likeness (QED) is 0.754. The summed E-state index contributed by atoms with van der Waals surface area (Å²) < 4.78 is 0. The van der Waals surface area contributed by atoms with Crippen LogP contribution in [0.5, 0.6) is 0 Å². The van der Waals surface area contributed by atoms with E-state index in [1.54, 1.807) is 0 Å². The van der Waals surface area contributed by atoms with E-state index in [0.29, 0.717) is 24.5 Å². The summed E-state index contributed by atoms with van der Waals surface area (Å²) in [6, 6.07) is 0.876. The van der Waals surface area contributed by atoms with E-state index in [4.69, 9.17) is 0 Å². The third kappa shape index (κ3) is 3.47. The summed E-state index contributed by atoms with van der Waals surface area (Å²) in [4.78, 5) is 17.0.